The molecule has 1 aromatic rings. The predicted octanol–water partition coefficient (Wildman–Crippen LogP) is 8.95. The van der Waals surface area contributed by atoms with Crippen LogP contribution in [0.25, 0.3) is 0 Å². The molecule has 26 heavy (non-hydrogen) atoms. The summed E-state index contributed by atoms with van der Waals surface area (Å²) < 4.78 is 0. The smallest absolute Gasteiger partial charge is 0.0375 e. The van der Waals surface area contributed by atoms with Gasteiger partial charge < -0.3 is 0 Å². The maximum Gasteiger partial charge on any atom is 0.0375 e. The van der Waals surface area contributed by atoms with Crippen molar-refractivity contribution in [1.82, 2.24) is 4.98 Å². The Morgan fingerprint density at radius 2 is 0.962 bits per heavy atom. The molecule has 1 heterocycles. The summed E-state index contributed by atoms with van der Waals surface area (Å²) in [7, 11) is 0. The SMILES string of the molecule is CCCCCCCCCCCCCCCCCBr.Cc1cccc(C)n1. The number of aromatic nitrogens is 1. The molecule has 0 N–H and O–H groups in total. The lowest BCUT2D eigenvalue weighted by Gasteiger charge is -2.02. The summed E-state index contributed by atoms with van der Waals surface area (Å²) in [5, 5.41) is 1.19. The maximum absolute atomic E-state index is 4.17. The van der Waals surface area contributed by atoms with Crippen LogP contribution in [-0.4, -0.2) is 10.3 Å². The average molecular weight is 427 g/mol. The van der Waals surface area contributed by atoms with Crippen molar-refractivity contribution in [3.63, 3.8) is 0 Å². The Bertz CT molecular complexity index is 358. The van der Waals surface area contributed by atoms with Crippen LogP contribution in [0.15, 0.2) is 18.2 Å². The van der Waals surface area contributed by atoms with Gasteiger partial charge in [0.1, 0.15) is 0 Å². The van der Waals surface area contributed by atoms with E-state index in [-0.39, 0.29) is 0 Å². The zero-order valence-electron chi connectivity index (χ0n) is 17.9. The van der Waals surface area contributed by atoms with Gasteiger partial charge in [-0.25, -0.2) is 0 Å². The first-order chi connectivity index (χ1) is 12.7. The van der Waals surface area contributed by atoms with Crippen molar-refractivity contribution in [3.05, 3.63) is 29.6 Å². The molecule has 0 fully saturated rings. The third kappa shape index (κ3) is 19.9. The van der Waals surface area contributed by atoms with Gasteiger partial charge in [0.05, 0.1) is 0 Å². The Labute approximate surface area is 172 Å². The average Bonchev–Trinajstić information content (AvgIpc) is 2.62. The molecule has 0 atom stereocenters. The molecule has 0 aliphatic carbocycles. The van der Waals surface area contributed by atoms with Crippen molar-refractivity contribution in [2.75, 3.05) is 5.33 Å². The molecule has 0 aliphatic rings. The highest BCUT2D eigenvalue weighted by Crippen LogP contribution is 2.13. The minimum atomic E-state index is 1.09. The third-order valence-electron chi connectivity index (χ3n) is 4.76. The van der Waals surface area contributed by atoms with Gasteiger partial charge in [-0.15, -0.1) is 0 Å². The number of alkyl halides is 1. The lowest BCUT2D eigenvalue weighted by atomic mass is 10.0. The van der Waals surface area contributed by atoms with Crippen molar-refractivity contribution in [2.24, 2.45) is 0 Å². The molecule has 1 rings (SSSR count). The van der Waals surface area contributed by atoms with Crippen LogP contribution in [-0.2, 0) is 0 Å². The van der Waals surface area contributed by atoms with Crippen LogP contribution in [0.1, 0.15) is 115 Å². The lowest BCUT2D eigenvalue weighted by Crippen LogP contribution is -1.83. The van der Waals surface area contributed by atoms with Crippen molar-refractivity contribution in [1.29, 1.82) is 0 Å². The van der Waals surface area contributed by atoms with Gasteiger partial charge in [0.15, 0.2) is 0 Å². The van der Waals surface area contributed by atoms with E-state index in [0.29, 0.717) is 0 Å². The summed E-state index contributed by atoms with van der Waals surface area (Å²) in [6, 6.07) is 6.00. The molecule has 0 amide bonds. The molecule has 152 valence electrons. The Balaban J connectivity index is 0.000000642. The van der Waals surface area contributed by atoms with Crippen LogP contribution in [0.3, 0.4) is 0 Å². The molecule has 1 nitrogen and oxygen atoms in total. The van der Waals surface area contributed by atoms with E-state index < -0.39 is 0 Å². The van der Waals surface area contributed by atoms with Crippen molar-refractivity contribution in [2.45, 2.75) is 117 Å². The molecule has 0 saturated carbocycles. The number of hydrogen-bond acceptors (Lipinski definition) is 1. The van der Waals surface area contributed by atoms with Gasteiger partial charge in [-0.3, -0.25) is 4.98 Å². The van der Waals surface area contributed by atoms with Crippen LogP contribution in [0.5, 0.6) is 0 Å². The van der Waals surface area contributed by atoms with Crippen LogP contribution in [0, 0.1) is 13.8 Å². The Kier molecular flexibility index (Phi) is 20.6. The van der Waals surface area contributed by atoms with E-state index in [0.717, 1.165) is 11.4 Å². The van der Waals surface area contributed by atoms with Gasteiger partial charge in [-0.2, -0.15) is 0 Å². The van der Waals surface area contributed by atoms with E-state index in [1.165, 1.54) is 102 Å². The van der Waals surface area contributed by atoms with Gasteiger partial charge in [-0.05, 0) is 32.4 Å². The summed E-state index contributed by atoms with van der Waals surface area (Å²) in [6.45, 7) is 6.28. The van der Waals surface area contributed by atoms with E-state index in [9.17, 15) is 0 Å². The topological polar surface area (TPSA) is 12.9 Å². The molecule has 0 aromatic carbocycles. The molecule has 0 radical (unpaired) electrons. The summed E-state index contributed by atoms with van der Waals surface area (Å²) in [5.74, 6) is 0. The molecule has 1 aromatic heterocycles. The van der Waals surface area contributed by atoms with Gasteiger partial charge in [0, 0.05) is 16.7 Å². The molecular weight excluding hydrogens is 382 g/mol. The molecule has 0 bridgehead atoms. The van der Waals surface area contributed by atoms with Crippen molar-refractivity contribution in [3.8, 4) is 0 Å². The zero-order chi connectivity index (χ0) is 19.3. The number of rotatable bonds is 15. The van der Waals surface area contributed by atoms with Crippen molar-refractivity contribution >= 4 is 15.9 Å². The monoisotopic (exact) mass is 425 g/mol. The van der Waals surface area contributed by atoms with E-state index in [4.69, 9.17) is 0 Å². The Morgan fingerprint density at radius 1 is 0.615 bits per heavy atom. The first-order valence-corrected chi connectivity index (χ1v) is 12.3. The fraction of sp³-hybridized carbons (Fsp3) is 0.792. The van der Waals surface area contributed by atoms with Crippen molar-refractivity contribution < 1.29 is 0 Å². The summed E-state index contributed by atoms with van der Waals surface area (Å²) in [5.41, 5.74) is 2.18. The minimum Gasteiger partial charge on any atom is -0.258 e. The minimum absolute atomic E-state index is 1.09. The van der Waals surface area contributed by atoms with Crippen LogP contribution in [0.2, 0.25) is 0 Å². The van der Waals surface area contributed by atoms with E-state index in [1.54, 1.807) is 0 Å². The van der Waals surface area contributed by atoms with Gasteiger partial charge in [-0.1, -0.05) is 119 Å². The van der Waals surface area contributed by atoms with Gasteiger partial charge in [0.2, 0.25) is 0 Å². The summed E-state index contributed by atoms with van der Waals surface area (Å²) >= 11 is 3.49. The number of unbranched alkanes of at least 4 members (excludes halogenated alkanes) is 14. The number of halogens is 1. The highest BCUT2D eigenvalue weighted by atomic mass is 79.9. The van der Waals surface area contributed by atoms with Gasteiger partial charge in [0.25, 0.3) is 0 Å². The van der Waals surface area contributed by atoms with Crippen LogP contribution < -0.4 is 0 Å². The van der Waals surface area contributed by atoms with E-state index >= 15 is 0 Å². The van der Waals surface area contributed by atoms with Crippen LogP contribution in [0.4, 0.5) is 0 Å². The third-order valence-corrected chi connectivity index (χ3v) is 5.33. The van der Waals surface area contributed by atoms with E-state index in [1.807, 2.05) is 32.0 Å². The maximum atomic E-state index is 4.17. The molecule has 0 spiro atoms. The van der Waals surface area contributed by atoms with E-state index in [2.05, 4.69) is 27.8 Å². The standard InChI is InChI=1S/C17H35Br.C7H9N/c1-2-3-4-5-6-7-8-9-10-11-12-13-14-15-16-17-18;1-6-4-3-5-7(2)8-6/h2-17H2,1H3;3-5H,1-2H3. The molecule has 0 saturated heterocycles. The van der Waals surface area contributed by atoms with Crippen LogP contribution >= 0.6 is 15.9 Å². The fourth-order valence-electron chi connectivity index (χ4n) is 3.15. The second kappa shape index (κ2) is 20.9. The largest absolute Gasteiger partial charge is 0.258 e. The predicted molar refractivity (Wildman–Crippen MR) is 122 cm³/mol. The fourth-order valence-corrected chi connectivity index (χ4v) is 3.54. The first-order valence-electron chi connectivity index (χ1n) is 11.2. The second-order valence-electron chi connectivity index (χ2n) is 7.56. The summed E-state index contributed by atoms with van der Waals surface area (Å²) in [4.78, 5) is 4.17. The molecule has 0 unspecified atom stereocenters. The number of pyridine rings is 1. The lowest BCUT2D eigenvalue weighted by molar-refractivity contribution is 0.535. The van der Waals surface area contributed by atoms with Gasteiger partial charge >= 0.3 is 0 Å². The second-order valence-corrected chi connectivity index (χ2v) is 8.35. The number of hydrogen-bond donors (Lipinski definition) is 0. The number of nitrogens with zero attached hydrogens (tertiary/aromatic N) is 1. The molecule has 0 aliphatic heterocycles. The summed E-state index contributed by atoms with van der Waals surface area (Å²) in [6.07, 6.45) is 21.8. The highest BCUT2D eigenvalue weighted by Gasteiger charge is 1.93. The number of aryl methyl sites for hydroxylation is 2. The Hall–Kier alpha value is -0.370. The highest BCUT2D eigenvalue weighted by molar-refractivity contribution is 9.09. The Morgan fingerprint density at radius 3 is 1.23 bits per heavy atom. The molecule has 2 heteroatoms. The molecular formula is C24H44BrN. The zero-order valence-corrected chi connectivity index (χ0v) is 19.5. The first kappa shape index (κ1) is 25.6. The quantitative estimate of drug-likeness (QED) is 0.201. The normalized spacial score (nSPS) is 10.5.